The van der Waals surface area contributed by atoms with Gasteiger partial charge in [-0.1, -0.05) is 39.7 Å². The van der Waals surface area contributed by atoms with Gasteiger partial charge in [-0.15, -0.1) is 0 Å². The molecule has 0 saturated carbocycles. The van der Waals surface area contributed by atoms with E-state index < -0.39 is 5.97 Å². The Kier molecular flexibility index (Phi) is 3.89. The van der Waals surface area contributed by atoms with Crippen LogP contribution in [0.15, 0.2) is 24.3 Å². The van der Waals surface area contributed by atoms with E-state index >= 15 is 0 Å². The summed E-state index contributed by atoms with van der Waals surface area (Å²) in [6.45, 7) is 2.01. The van der Waals surface area contributed by atoms with E-state index in [0.29, 0.717) is 0 Å². The van der Waals surface area contributed by atoms with Crippen molar-refractivity contribution in [2.75, 3.05) is 0 Å². The highest BCUT2D eigenvalue weighted by molar-refractivity contribution is 9.08. The third kappa shape index (κ3) is 3.00. The minimum Gasteiger partial charge on any atom is -0.478 e. The Labute approximate surface area is 91.4 Å². The predicted octanol–water partition coefficient (Wildman–Crippen LogP) is 2.99. The fourth-order valence-electron chi connectivity index (χ4n) is 1.17. The zero-order valence-electron chi connectivity index (χ0n) is 7.83. The third-order valence-corrected chi connectivity index (χ3v) is 2.45. The molecular weight excluding hydrogens is 244 g/mol. The average molecular weight is 255 g/mol. The maximum absolute atomic E-state index is 10.3. The van der Waals surface area contributed by atoms with Crippen LogP contribution in [0.25, 0.3) is 6.08 Å². The molecule has 0 heterocycles. The van der Waals surface area contributed by atoms with Crippen LogP contribution in [0.1, 0.15) is 16.7 Å². The molecule has 1 aromatic rings. The molecule has 74 valence electrons. The van der Waals surface area contributed by atoms with E-state index in [2.05, 4.69) is 15.9 Å². The van der Waals surface area contributed by atoms with Gasteiger partial charge in [-0.05, 0) is 24.1 Å². The normalized spacial score (nSPS) is 10.7. The molecule has 0 bridgehead atoms. The molecule has 1 rings (SSSR count). The van der Waals surface area contributed by atoms with Crippen LogP contribution in [0.3, 0.4) is 0 Å². The number of benzene rings is 1. The van der Waals surface area contributed by atoms with Crippen molar-refractivity contribution < 1.29 is 9.90 Å². The molecule has 0 aliphatic heterocycles. The van der Waals surface area contributed by atoms with E-state index in [0.717, 1.165) is 22.5 Å². The maximum Gasteiger partial charge on any atom is 0.328 e. The quantitative estimate of drug-likeness (QED) is 0.665. The van der Waals surface area contributed by atoms with E-state index in [1.807, 2.05) is 25.1 Å². The number of hydrogen-bond acceptors (Lipinski definition) is 1. The lowest BCUT2D eigenvalue weighted by Crippen LogP contribution is -1.89. The van der Waals surface area contributed by atoms with Crippen molar-refractivity contribution in [2.45, 2.75) is 12.3 Å². The summed E-state index contributed by atoms with van der Waals surface area (Å²) in [6.07, 6.45) is 2.76. The molecular formula is C11H11BrO2. The molecule has 0 aromatic heterocycles. The highest BCUT2D eigenvalue weighted by Crippen LogP contribution is 2.16. The molecule has 0 radical (unpaired) electrons. The minimum absolute atomic E-state index is 0.730. The SMILES string of the molecule is Cc1ccc(/C=C/C(=O)O)c(CBr)c1. The first kappa shape index (κ1) is 11.0. The zero-order chi connectivity index (χ0) is 10.6. The predicted molar refractivity (Wildman–Crippen MR) is 60.5 cm³/mol. The Balaban J connectivity index is 3.02. The second-order valence-corrected chi connectivity index (χ2v) is 3.57. The number of alkyl halides is 1. The van der Waals surface area contributed by atoms with E-state index in [1.165, 1.54) is 5.56 Å². The zero-order valence-corrected chi connectivity index (χ0v) is 9.41. The molecule has 0 aliphatic carbocycles. The van der Waals surface area contributed by atoms with Gasteiger partial charge in [-0.25, -0.2) is 4.79 Å². The number of carboxylic acid groups (broad SMARTS) is 1. The number of aryl methyl sites for hydroxylation is 1. The molecule has 1 N–H and O–H groups in total. The van der Waals surface area contributed by atoms with Crippen LogP contribution < -0.4 is 0 Å². The van der Waals surface area contributed by atoms with E-state index in [4.69, 9.17) is 5.11 Å². The molecule has 0 aliphatic rings. The lowest BCUT2D eigenvalue weighted by Gasteiger charge is -2.03. The molecule has 0 unspecified atom stereocenters. The molecule has 1 aromatic carbocycles. The van der Waals surface area contributed by atoms with Crippen molar-refractivity contribution >= 4 is 28.0 Å². The smallest absolute Gasteiger partial charge is 0.328 e. The van der Waals surface area contributed by atoms with Gasteiger partial charge >= 0.3 is 5.97 Å². The van der Waals surface area contributed by atoms with Crippen LogP contribution in [-0.4, -0.2) is 11.1 Å². The summed E-state index contributed by atoms with van der Waals surface area (Å²) < 4.78 is 0. The largest absolute Gasteiger partial charge is 0.478 e. The first-order chi connectivity index (χ1) is 6.63. The highest BCUT2D eigenvalue weighted by atomic mass is 79.9. The first-order valence-electron chi connectivity index (χ1n) is 4.20. The fourth-order valence-corrected chi connectivity index (χ4v) is 1.66. The number of halogens is 1. The van der Waals surface area contributed by atoms with E-state index in [9.17, 15) is 4.79 Å². The van der Waals surface area contributed by atoms with Crippen molar-refractivity contribution in [3.8, 4) is 0 Å². The van der Waals surface area contributed by atoms with Crippen LogP contribution >= 0.6 is 15.9 Å². The summed E-state index contributed by atoms with van der Waals surface area (Å²) >= 11 is 3.37. The van der Waals surface area contributed by atoms with Crippen LogP contribution in [0.2, 0.25) is 0 Å². The van der Waals surface area contributed by atoms with Gasteiger partial charge in [-0.3, -0.25) is 0 Å². The van der Waals surface area contributed by atoms with Gasteiger partial charge in [0, 0.05) is 11.4 Å². The summed E-state index contributed by atoms with van der Waals surface area (Å²) in [6, 6.07) is 5.93. The van der Waals surface area contributed by atoms with Gasteiger partial charge in [0.1, 0.15) is 0 Å². The van der Waals surface area contributed by atoms with E-state index in [-0.39, 0.29) is 0 Å². The Morgan fingerprint density at radius 2 is 2.29 bits per heavy atom. The van der Waals surface area contributed by atoms with Gasteiger partial charge < -0.3 is 5.11 Å². The van der Waals surface area contributed by atoms with Gasteiger partial charge in [0.15, 0.2) is 0 Å². The van der Waals surface area contributed by atoms with Crippen molar-refractivity contribution in [3.05, 3.63) is 41.0 Å². The Hall–Kier alpha value is -1.09. The maximum atomic E-state index is 10.3. The summed E-state index contributed by atoms with van der Waals surface area (Å²) in [5.74, 6) is -0.925. The lowest BCUT2D eigenvalue weighted by atomic mass is 10.1. The van der Waals surface area contributed by atoms with Gasteiger partial charge in [0.2, 0.25) is 0 Å². The molecule has 0 spiro atoms. The molecule has 0 atom stereocenters. The monoisotopic (exact) mass is 254 g/mol. The Morgan fingerprint density at radius 1 is 1.57 bits per heavy atom. The second kappa shape index (κ2) is 4.96. The van der Waals surface area contributed by atoms with Crippen molar-refractivity contribution in [1.29, 1.82) is 0 Å². The fraction of sp³-hybridized carbons (Fsp3) is 0.182. The summed E-state index contributed by atoms with van der Waals surface area (Å²) in [5.41, 5.74) is 3.21. The number of hydrogen-bond donors (Lipinski definition) is 1. The third-order valence-electron chi connectivity index (χ3n) is 1.85. The molecule has 14 heavy (non-hydrogen) atoms. The average Bonchev–Trinajstić information content (AvgIpc) is 2.15. The van der Waals surface area contributed by atoms with Gasteiger partial charge in [0.05, 0.1) is 0 Å². The molecule has 0 saturated heterocycles. The molecule has 3 heteroatoms. The standard InChI is InChI=1S/C11H11BrO2/c1-8-2-3-9(4-5-11(13)14)10(6-8)7-12/h2-6H,7H2,1H3,(H,13,14)/b5-4+. The van der Waals surface area contributed by atoms with Crippen LogP contribution in [0.4, 0.5) is 0 Å². The lowest BCUT2D eigenvalue weighted by molar-refractivity contribution is -0.131. The summed E-state index contributed by atoms with van der Waals surface area (Å²) in [4.78, 5) is 10.3. The minimum atomic E-state index is -0.925. The van der Waals surface area contributed by atoms with E-state index in [1.54, 1.807) is 6.08 Å². The molecule has 2 nitrogen and oxygen atoms in total. The number of rotatable bonds is 3. The Bertz CT molecular complexity index is 370. The van der Waals surface area contributed by atoms with Crippen LogP contribution in [-0.2, 0) is 10.1 Å². The molecule has 0 fully saturated rings. The van der Waals surface area contributed by atoms with Crippen LogP contribution in [0, 0.1) is 6.92 Å². The topological polar surface area (TPSA) is 37.3 Å². The van der Waals surface area contributed by atoms with Crippen molar-refractivity contribution in [1.82, 2.24) is 0 Å². The van der Waals surface area contributed by atoms with Crippen LogP contribution in [0.5, 0.6) is 0 Å². The number of carboxylic acids is 1. The van der Waals surface area contributed by atoms with Crippen molar-refractivity contribution in [3.63, 3.8) is 0 Å². The number of aliphatic carboxylic acids is 1. The summed E-state index contributed by atoms with van der Waals surface area (Å²) in [7, 11) is 0. The second-order valence-electron chi connectivity index (χ2n) is 3.01. The van der Waals surface area contributed by atoms with Gasteiger partial charge in [-0.2, -0.15) is 0 Å². The Morgan fingerprint density at radius 3 is 2.86 bits per heavy atom. The summed E-state index contributed by atoms with van der Waals surface area (Å²) in [5, 5.41) is 9.22. The molecule has 0 amide bonds. The first-order valence-corrected chi connectivity index (χ1v) is 5.32. The highest BCUT2D eigenvalue weighted by Gasteiger charge is 1.98. The van der Waals surface area contributed by atoms with Crippen molar-refractivity contribution in [2.24, 2.45) is 0 Å². The number of carbonyl (C=O) groups is 1. The van der Waals surface area contributed by atoms with Gasteiger partial charge in [0.25, 0.3) is 0 Å².